The van der Waals surface area contributed by atoms with E-state index in [2.05, 4.69) is 36.1 Å². The zero-order valence-electron chi connectivity index (χ0n) is 12.6. The van der Waals surface area contributed by atoms with Crippen LogP contribution in [-0.4, -0.2) is 18.6 Å². The molecule has 0 aliphatic carbocycles. The van der Waals surface area contributed by atoms with E-state index in [-0.39, 0.29) is 18.1 Å². The van der Waals surface area contributed by atoms with Gasteiger partial charge in [0.25, 0.3) is 0 Å². The molecule has 0 unspecified atom stereocenters. The van der Waals surface area contributed by atoms with Crippen LogP contribution in [0.3, 0.4) is 0 Å². The van der Waals surface area contributed by atoms with E-state index in [1.165, 1.54) is 5.56 Å². The Labute approximate surface area is 135 Å². The predicted octanol–water partition coefficient (Wildman–Crippen LogP) is 4.14. The molecule has 1 aliphatic rings. The number of ether oxygens (including phenoxy) is 1. The summed E-state index contributed by atoms with van der Waals surface area (Å²) in [6.45, 7) is 4.27. The largest absolute Gasteiger partial charge is 0.464 e. The molecule has 1 saturated heterocycles. The van der Waals surface area contributed by atoms with E-state index >= 15 is 0 Å². The van der Waals surface area contributed by atoms with E-state index in [9.17, 15) is 4.79 Å². The maximum absolute atomic E-state index is 12.2. The van der Waals surface area contributed by atoms with Gasteiger partial charge in [-0.05, 0) is 43.7 Å². The summed E-state index contributed by atoms with van der Waals surface area (Å²) in [7, 11) is 0. The van der Waals surface area contributed by atoms with Crippen molar-refractivity contribution in [2.24, 2.45) is 0 Å². The SMILES string of the molecule is CCOC(=O)[C@H]1[C@H](c2ccc(C)cc2)N1c1ccc(Cl)cc1. The molecule has 114 valence electrons. The minimum atomic E-state index is -0.260. The summed E-state index contributed by atoms with van der Waals surface area (Å²) in [4.78, 5) is 14.3. The Kier molecular flexibility index (Phi) is 4.08. The highest BCUT2D eigenvalue weighted by molar-refractivity contribution is 6.30. The van der Waals surface area contributed by atoms with Gasteiger partial charge in [0.05, 0.1) is 12.6 Å². The summed E-state index contributed by atoms with van der Waals surface area (Å²) in [5.41, 5.74) is 3.31. The smallest absolute Gasteiger partial charge is 0.331 e. The summed E-state index contributed by atoms with van der Waals surface area (Å²) in [5.74, 6) is -0.178. The van der Waals surface area contributed by atoms with Gasteiger partial charge in [0.2, 0.25) is 0 Å². The van der Waals surface area contributed by atoms with Crippen LogP contribution in [-0.2, 0) is 9.53 Å². The number of halogens is 1. The highest BCUT2D eigenvalue weighted by atomic mass is 35.5. The van der Waals surface area contributed by atoms with Crippen molar-refractivity contribution in [1.82, 2.24) is 0 Å². The Bertz CT molecular complexity index is 615. The number of carbonyl (C=O) groups excluding carboxylic acids is 1. The molecule has 0 aromatic heterocycles. The molecule has 2 atom stereocenters. The van der Waals surface area contributed by atoms with E-state index in [0.29, 0.717) is 11.6 Å². The Morgan fingerprint density at radius 1 is 1.14 bits per heavy atom. The van der Waals surface area contributed by atoms with Crippen molar-refractivity contribution in [3.05, 3.63) is 64.7 Å². The zero-order valence-corrected chi connectivity index (χ0v) is 13.4. The van der Waals surface area contributed by atoms with Gasteiger partial charge in [-0.15, -0.1) is 0 Å². The van der Waals surface area contributed by atoms with Gasteiger partial charge in [0.15, 0.2) is 6.04 Å². The Hall–Kier alpha value is -2.00. The highest BCUT2D eigenvalue weighted by Crippen LogP contribution is 2.47. The number of rotatable bonds is 4. The van der Waals surface area contributed by atoms with E-state index in [0.717, 1.165) is 11.3 Å². The molecule has 0 spiro atoms. The Balaban J connectivity index is 1.90. The molecule has 0 amide bonds. The molecular weight excluding hydrogens is 298 g/mol. The van der Waals surface area contributed by atoms with Gasteiger partial charge in [-0.1, -0.05) is 41.4 Å². The van der Waals surface area contributed by atoms with Crippen molar-refractivity contribution in [3.8, 4) is 0 Å². The van der Waals surface area contributed by atoms with Crippen molar-refractivity contribution in [1.29, 1.82) is 0 Å². The molecule has 1 heterocycles. The van der Waals surface area contributed by atoms with Gasteiger partial charge in [-0.2, -0.15) is 0 Å². The number of esters is 1. The maximum Gasteiger partial charge on any atom is 0.331 e. The lowest BCUT2D eigenvalue weighted by molar-refractivity contribution is -0.142. The van der Waals surface area contributed by atoms with Crippen molar-refractivity contribution in [2.45, 2.75) is 25.9 Å². The van der Waals surface area contributed by atoms with Gasteiger partial charge >= 0.3 is 5.97 Å². The fraction of sp³-hybridized carbons (Fsp3) is 0.278. The predicted molar refractivity (Wildman–Crippen MR) is 88.3 cm³/mol. The van der Waals surface area contributed by atoms with E-state index < -0.39 is 0 Å². The lowest BCUT2D eigenvalue weighted by Crippen LogP contribution is -2.15. The Morgan fingerprint density at radius 2 is 1.77 bits per heavy atom. The second-order valence-corrected chi connectivity index (χ2v) is 5.87. The van der Waals surface area contributed by atoms with Crippen molar-refractivity contribution in [3.63, 3.8) is 0 Å². The highest BCUT2D eigenvalue weighted by Gasteiger charge is 2.54. The molecular formula is C18H18ClNO2. The van der Waals surface area contributed by atoms with Crippen LogP contribution < -0.4 is 4.90 Å². The van der Waals surface area contributed by atoms with Crippen LogP contribution in [0.15, 0.2) is 48.5 Å². The third-order valence-electron chi connectivity index (χ3n) is 3.88. The number of hydrogen-bond acceptors (Lipinski definition) is 3. The molecule has 2 aromatic rings. The topological polar surface area (TPSA) is 29.3 Å². The zero-order chi connectivity index (χ0) is 15.7. The van der Waals surface area contributed by atoms with Gasteiger partial charge in [0, 0.05) is 10.7 Å². The Morgan fingerprint density at radius 3 is 2.36 bits per heavy atom. The van der Waals surface area contributed by atoms with Crippen LogP contribution in [0.5, 0.6) is 0 Å². The van der Waals surface area contributed by atoms with E-state index in [4.69, 9.17) is 16.3 Å². The first-order valence-corrected chi connectivity index (χ1v) is 7.76. The average Bonchev–Trinajstić information content (AvgIpc) is 3.24. The number of benzene rings is 2. The lowest BCUT2D eigenvalue weighted by atomic mass is 10.1. The first-order chi connectivity index (χ1) is 10.6. The molecule has 1 aliphatic heterocycles. The van der Waals surface area contributed by atoms with Crippen molar-refractivity contribution >= 4 is 23.3 Å². The van der Waals surface area contributed by atoms with E-state index in [1.54, 1.807) is 0 Å². The fourth-order valence-electron chi connectivity index (χ4n) is 2.74. The maximum atomic E-state index is 12.2. The van der Waals surface area contributed by atoms with Crippen molar-refractivity contribution in [2.75, 3.05) is 11.5 Å². The summed E-state index contributed by atoms with van der Waals surface area (Å²) in [6.07, 6.45) is 0. The quantitative estimate of drug-likeness (QED) is 0.627. The van der Waals surface area contributed by atoms with Crippen LogP contribution in [0.4, 0.5) is 5.69 Å². The van der Waals surface area contributed by atoms with Crippen LogP contribution in [0, 0.1) is 6.92 Å². The third-order valence-corrected chi connectivity index (χ3v) is 4.13. The summed E-state index contributed by atoms with van der Waals surface area (Å²) >= 11 is 5.95. The second kappa shape index (κ2) is 6.01. The first kappa shape index (κ1) is 14.9. The van der Waals surface area contributed by atoms with Gasteiger partial charge in [-0.25, -0.2) is 4.79 Å². The van der Waals surface area contributed by atoms with Crippen LogP contribution in [0.2, 0.25) is 5.02 Å². The second-order valence-electron chi connectivity index (χ2n) is 5.44. The molecule has 1 fully saturated rings. The monoisotopic (exact) mass is 315 g/mol. The molecule has 2 aromatic carbocycles. The number of nitrogens with zero attached hydrogens (tertiary/aromatic N) is 1. The van der Waals surface area contributed by atoms with Crippen molar-refractivity contribution < 1.29 is 9.53 Å². The van der Waals surface area contributed by atoms with E-state index in [1.807, 2.05) is 31.2 Å². The molecule has 3 nitrogen and oxygen atoms in total. The number of carbonyl (C=O) groups is 1. The molecule has 0 radical (unpaired) electrons. The summed E-state index contributed by atoms with van der Waals surface area (Å²) in [5, 5.41) is 0.685. The third kappa shape index (κ3) is 2.81. The average molecular weight is 316 g/mol. The molecule has 3 rings (SSSR count). The van der Waals surface area contributed by atoms with Crippen LogP contribution in [0.25, 0.3) is 0 Å². The number of anilines is 1. The van der Waals surface area contributed by atoms with Gasteiger partial charge < -0.3 is 9.64 Å². The summed E-state index contributed by atoms with van der Waals surface area (Å²) in [6, 6.07) is 15.6. The number of hydrogen-bond donors (Lipinski definition) is 0. The molecule has 22 heavy (non-hydrogen) atoms. The molecule has 4 heteroatoms. The van der Waals surface area contributed by atoms with Crippen LogP contribution in [0.1, 0.15) is 24.1 Å². The molecule has 0 N–H and O–H groups in total. The fourth-order valence-corrected chi connectivity index (χ4v) is 2.87. The first-order valence-electron chi connectivity index (χ1n) is 7.39. The lowest BCUT2D eigenvalue weighted by Gasteiger charge is -2.06. The minimum Gasteiger partial charge on any atom is -0.464 e. The summed E-state index contributed by atoms with van der Waals surface area (Å²) < 4.78 is 5.21. The van der Waals surface area contributed by atoms with Gasteiger partial charge in [0.1, 0.15) is 0 Å². The molecule has 0 bridgehead atoms. The normalized spacial score (nSPS) is 19.9. The minimum absolute atomic E-state index is 0.0285. The standard InChI is InChI=1S/C18H18ClNO2/c1-3-22-18(21)17-16(13-6-4-12(2)5-7-13)20(17)15-10-8-14(19)9-11-15/h4-11,16-17H,3H2,1-2H3/t16-,17+,20?/m0/s1. The van der Waals surface area contributed by atoms with Crippen LogP contribution >= 0.6 is 11.6 Å². The molecule has 0 saturated carbocycles. The number of aryl methyl sites for hydroxylation is 1. The van der Waals surface area contributed by atoms with Gasteiger partial charge in [-0.3, -0.25) is 0 Å².